The van der Waals surface area contributed by atoms with Crippen molar-refractivity contribution in [3.63, 3.8) is 0 Å². The van der Waals surface area contributed by atoms with Gasteiger partial charge in [-0.2, -0.15) is 4.98 Å². The van der Waals surface area contributed by atoms with Crippen LogP contribution in [0.3, 0.4) is 0 Å². The Bertz CT molecular complexity index is 502. The molecule has 0 saturated heterocycles. The van der Waals surface area contributed by atoms with E-state index in [1.54, 1.807) is 6.07 Å². The molecule has 2 rings (SSSR count). The van der Waals surface area contributed by atoms with Crippen LogP contribution in [0.5, 0.6) is 5.75 Å². The third kappa shape index (κ3) is 1.94. The van der Waals surface area contributed by atoms with Crippen LogP contribution in [0.2, 0.25) is 0 Å². The third-order valence-electron chi connectivity index (χ3n) is 2.22. The number of aromatic hydroxyl groups is 1. The maximum atomic E-state index is 9.67. The summed E-state index contributed by atoms with van der Waals surface area (Å²) in [4.78, 5) is 4.08. The van der Waals surface area contributed by atoms with E-state index in [-0.39, 0.29) is 12.3 Å². The van der Waals surface area contributed by atoms with Gasteiger partial charge in [0.1, 0.15) is 5.75 Å². The molecular weight excluding hydrogens is 274 g/mol. The van der Waals surface area contributed by atoms with Gasteiger partial charge in [-0.3, -0.25) is 0 Å². The van der Waals surface area contributed by atoms with E-state index in [1.807, 2.05) is 13.0 Å². The summed E-state index contributed by atoms with van der Waals surface area (Å²) >= 11 is 3.35. The van der Waals surface area contributed by atoms with Gasteiger partial charge < -0.3 is 15.4 Å². The van der Waals surface area contributed by atoms with Crippen molar-refractivity contribution in [1.29, 1.82) is 0 Å². The molecule has 0 radical (unpaired) electrons. The van der Waals surface area contributed by atoms with Gasteiger partial charge in [-0.1, -0.05) is 21.1 Å². The molecule has 0 saturated carbocycles. The Hall–Kier alpha value is -1.40. The van der Waals surface area contributed by atoms with E-state index in [0.717, 1.165) is 10.0 Å². The zero-order valence-electron chi connectivity index (χ0n) is 8.57. The average Bonchev–Trinajstić information content (AvgIpc) is 2.73. The number of phenolic OH excluding ortho intramolecular Hbond substituents is 1. The van der Waals surface area contributed by atoms with E-state index in [0.29, 0.717) is 17.3 Å². The number of nitrogens with zero attached hydrogens (tertiary/aromatic N) is 2. The van der Waals surface area contributed by atoms with E-state index in [4.69, 9.17) is 10.3 Å². The fraction of sp³-hybridized carbons (Fsp3) is 0.200. The second-order valence-corrected chi connectivity index (χ2v) is 4.17. The molecule has 0 fully saturated rings. The minimum Gasteiger partial charge on any atom is -0.508 e. The van der Waals surface area contributed by atoms with E-state index in [2.05, 4.69) is 26.1 Å². The number of benzene rings is 1. The van der Waals surface area contributed by atoms with Crippen LogP contribution in [0.1, 0.15) is 11.5 Å². The standard InChI is InChI=1S/C10H10BrN3O2/c1-5-7(11)2-6(3-8(5)15)10-13-9(4-12)16-14-10/h2-3,15H,4,12H2,1H3. The molecular formula is C10H10BrN3O2. The van der Waals surface area contributed by atoms with Gasteiger partial charge in [-0.05, 0) is 19.1 Å². The topological polar surface area (TPSA) is 85.2 Å². The van der Waals surface area contributed by atoms with E-state index < -0.39 is 0 Å². The minimum atomic E-state index is 0.184. The molecule has 0 aliphatic carbocycles. The van der Waals surface area contributed by atoms with Crippen LogP contribution in [-0.4, -0.2) is 15.2 Å². The highest BCUT2D eigenvalue weighted by Gasteiger charge is 2.11. The number of nitrogens with two attached hydrogens (primary N) is 1. The van der Waals surface area contributed by atoms with Crippen LogP contribution < -0.4 is 5.73 Å². The molecule has 2 aromatic rings. The molecule has 5 nitrogen and oxygen atoms in total. The lowest BCUT2D eigenvalue weighted by molar-refractivity contribution is 0.380. The van der Waals surface area contributed by atoms with Crippen LogP contribution in [0.15, 0.2) is 21.1 Å². The molecule has 0 atom stereocenters. The summed E-state index contributed by atoms with van der Waals surface area (Å²) < 4.78 is 5.69. The Morgan fingerprint density at radius 2 is 2.25 bits per heavy atom. The zero-order valence-corrected chi connectivity index (χ0v) is 10.2. The molecule has 0 unspecified atom stereocenters. The molecule has 0 spiro atoms. The summed E-state index contributed by atoms with van der Waals surface area (Å²) in [7, 11) is 0. The largest absolute Gasteiger partial charge is 0.508 e. The summed E-state index contributed by atoms with van der Waals surface area (Å²) in [5.74, 6) is 0.964. The summed E-state index contributed by atoms with van der Waals surface area (Å²) in [6.07, 6.45) is 0. The van der Waals surface area contributed by atoms with E-state index >= 15 is 0 Å². The summed E-state index contributed by atoms with van der Waals surface area (Å²) in [6, 6.07) is 3.41. The van der Waals surface area contributed by atoms with Gasteiger partial charge in [0.05, 0.1) is 6.54 Å². The molecule has 0 aliphatic heterocycles. The first-order valence-electron chi connectivity index (χ1n) is 4.64. The van der Waals surface area contributed by atoms with Crippen LogP contribution in [0, 0.1) is 6.92 Å². The van der Waals surface area contributed by atoms with Crippen LogP contribution in [0.4, 0.5) is 0 Å². The fourth-order valence-corrected chi connectivity index (χ4v) is 1.70. The highest BCUT2D eigenvalue weighted by Crippen LogP contribution is 2.30. The second-order valence-electron chi connectivity index (χ2n) is 3.32. The SMILES string of the molecule is Cc1c(O)cc(-c2noc(CN)n2)cc1Br. The number of phenols is 1. The normalized spacial score (nSPS) is 10.7. The first kappa shape index (κ1) is 11.1. The van der Waals surface area contributed by atoms with Crippen molar-refractivity contribution in [1.82, 2.24) is 10.1 Å². The summed E-state index contributed by atoms with van der Waals surface area (Å²) in [5, 5.41) is 13.4. The molecule has 1 heterocycles. The lowest BCUT2D eigenvalue weighted by atomic mass is 10.1. The maximum Gasteiger partial charge on any atom is 0.240 e. The van der Waals surface area contributed by atoms with Crippen molar-refractivity contribution in [2.45, 2.75) is 13.5 Å². The predicted octanol–water partition coefficient (Wildman–Crippen LogP) is 1.97. The van der Waals surface area contributed by atoms with Gasteiger partial charge in [0.25, 0.3) is 0 Å². The molecule has 16 heavy (non-hydrogen) atoms. The lowest BCUT2D eigenvalue weighted by Crippen LogP contribution is -1.95. The van der Waals surface area contributed by atoms with Gasteiger partial charge in [0.15, 0.2) is 0 Å². The van der Waals surface area contributed by atoms with Gasteiger partial charge >= 0.3 is 0 Å². The van der Waals surface area contributed by atoms with Crippen LogP contribution in [0.25, 0.3) is 11.4 Å². The van der Waals surface area contributed by atoms with Crippen molar-refractivity contribution in [3.05, 3.63) is 28.1 Å². The lowest BCUT2D eigenvalue weighted by Gasteiger charge is -2.03. The van der Waals surface area contributed by atoms with Crippen molar-refractivity contribution in [3.8, 4) is 17.1 Å². The Balaban J connectivity index is 2.48. The van der Waals surface area contributed by atoms with Gasteiger partial charge in [0, 0.05) is 15.6 Å². The number of hydrogen-bond acceptors (Lipinski definition) is 5. The molecule has 0 bridgehead atoms. The Morgan fingerprint density at radius 3 is 2.81 bits per heavy atom. The number of aromatic nitrogens is 2. The Kier molecular flexibility index (Phi) is 2.93. The first-order chi connectivity index (χ1) is 7.61. The van der Waals surface area contributed by atoms with Gasteiger partial charge in [0.2, 0.25) is 11.7 Å². The Morgan fingerprint density at radius 1 is 1.50 bits per heavy atom. The van der Waals surface area contributed by atoms with Gasteiger partial charge in [-0.25, -0.2) is 0 Å². The first-order valence-corrected chi connectivity index (χ1v) is 5.43. The summed E-state index contributed by atoms with van der Waals surface area (Å²) in [6.45, 7) is 2.01. The van der Waals surface area contributed by atoms with Crippen molar-refractivity contribution < 1.29 is 9.63 Å². The van der Waals surface area contributed by atoms with E-state index in [1.165, 1.54) is 0 Å². The van der Waals surface area contributed by atoms with Crippen molar-refractivity contribution >= 4 is 15.9 Å². The Labute approximate surface area is 100 Å². The molecule has 1 aromatic carbocycles. The molecule has 0 aliphatic rings. The predicted molar refractivity (Wildman–Crippen MR) is 61.7 cm³/mol. The van der Waals surface area contributed by atoms with Crippen molar-refractivity contribution in [2.75, 3.05) is 0 Å². The third-order valence-corrected chi connectivity index (χ3v) is 3.04. The summed E-state index contributed by atoms with van der Waals surface area (Å²) in [5.41, 5.74) is 6.82. The number of halogens is 1. The quantitative estimate of drug-likeness (QED) is 0.880. The smallest absolute Gasteiger partial charge is 0.240 e. The van der Waals surface area contributed by atoms with Crippen molar-refractivity contribution in [2.24, 2.45) is 5.73 Å². The maximum absolute atomic E-state index is 9.67. The number of rotatable bonds is 2. The fourth-order valence-electron chi connectivity index (χ4n) is 1.25. The zero-order chi connectivity index (χ0) is 11.7. The molecule has 1 aromatic heterocycles. The van der Waals surface area contributed by atoms with Crippen LogP contribution >= 0.6 is 15.9 Å². The van der Waals surface area contributed by atoms with Gasteiger partial charge in [-0.15, -0.1) is 0 Å². The second kappa shape index (κ2) is 4.23. The molecule has 84 valence electrons. The minimum absolute atomic E-state index is 0.184. The average molecular weight is 284 g/mol. The number of hydrogen-bond donors (Lipinski definition) is 2. The monoisotopic (exact) mass is 283 g/mol. The molecule has 3 N–H and O–H groups in total. The highest BCUT2D eigenvalue weighted by atomic mass is 79.9. The van der Waals surface area contributed by atoms with E-state index in [9.17, 15) is 5.11 Å². The molecule has 0 amide bonds. The highest BCUT2D eigenvalue weighted by molar-refractivity contribution is 9.10. The van der Waals surface area contributed by atoms with Crippen LogP contribution in [-0.2, 0) is 6.54 Å². The molecule has 6 heteroatoms.